The van der Waals surface area contributed by atoms with Crippen LogP contribution in [0.5, 0.6) is 0 Å². The lowest BCUT2D eigenvalue weighted by molar-refractivity contribution is 0.164. The van der Waals surface area contributed by atoms with Crippen molar-refractivity contribution in [2.75, 3.05) is 13.7 Å². The summed E-state index contributed by atoms with van der Waals surface area (Å²) in [5.74, 6) is 0.125. The van der Waals surface area contributed by atoms with Gasteiger partial charge in [-0.1, -0.05) is 36.3 Å². The standard InChI is InChI=1S/C13H21N3O2/c1-3-12(9-18-2)15-8-10-4-6-11(7-5-10)13(14)16-17/h4-7,12,15,17H,3,8-9H2,1-2H3,(H2,14,16). The Kier molecular flexibility index (Phi) is 6.18. The summed E-state index contributed by atoms with van der Waals surface area (Å²) in [5, 5.41) is 14.9. The average molecular weight is 251 g/mol. The van der Waals surface area contributed by atoms with Crippen LogP contribution in [0.15, 0.2) is 29.4 Å². The van der Waals surface area contributed by atoms with E-state index in [-0.39, 0.29) is 5.84 Å². The van der Waals surface area contributed by atoms with E-state index in [2.05, 4.69) is 17.4 Å². The van der Waals surface area contributed by atoms with E-state index in [1.807, 2.05) is 24.3 Å². The van der Waals surface area contributed by atoms with Crippen LogP contribution >= 0.6 is 0 Å². The monoisotopic (exact) mass is 251 g/mol. The highest BCUT2D eigenvalue weighted by molar-refractivity contribution is 5.96. The van der Waals surface area contributed by atoms with Gasteiger partial charge in [0.25, 0.3) is 0 Å². The largest absolute Gasteiger partial charge is 0.409 e. The van der Waals surface area contributed by atoms with Gasteiger partial charge in [0.05, 0.1) is 6.61 Å². The van der Waals surface area contributed by atoms with Crippen LogP contribution in [0.25, 0.3) is 0 Å². The summed E-state index contributed by atoms with van der Waals surface area (Å²) in [5.41, 5.74) is 7.36. The minimum atomic E-state index is 0.125. The van der Waals surface area contributed by atoms with Crippen molar-refractivity contribution < 1.29 is 9.94 Å². The third-order valence-corrected chi connectivity index (χ3v) is 2.81. The van der Waals surface area contributed by atoms with Crippen molar-refractivity contribution in [3.63, 3.8) is 0 Å². The second-order valence-electron chi connectivity index (χ2n) is 4.12. The zero-order chi connectivity index (χ0) is 13.4. The molecule has 0 radical (unpaired) electrons. The highest BCUT2D eigenvalue weighted by atomic mass is 16.5. The van der Waals surface area contributed by atoms with Crippen LogP contribution in [-0.2, 0) is 11.3 Å². The molecule has 0 bridgehead atoms. The molecule has 0 spiro atoms. The molecule has 5 nitrogen and oxygen atoms in total. The van der Waals surface area contributed by atoms with Gasteiger partial charge in [0.1, 0.15) is 0 Å². The first-order valence-electron chi connectivity index (χ1n) is 6.00. The van der Waals surface area contributed by atoms with Crippen LogP contribution in [0, 0.1) is 0 Å². The molecule has 1 atom stereocenters. The van der Waals surface area contributed by atoms with Gasteiger partial charge in [-0.3, -0.25) is 0 Å². The second-order valence-corrected chi connectivity index (χ2v) is 4.12. The zero-order valence-electron chi connectivity index (χ0n) is 10.9. The molecule has 0 aliphatic carbocycles. The maximum Gasteiger partial charge on any atom is 0.170 e. The van der Waals surface area contributed by atoms with Crippen molar-refractivity contribution in [2.45, 2.75) is 25.9 Å². The quantitative estimate of drug-likeness (QED) is 0.295. The number of hydrogen-bond donors (Lipinski definition) is 3. The summed E-state index contributed by atoms with van der Waals surface area (Å²) in [6.45, 7) is 3.61. The molecule has 0 fully saturated rings. The van der Waals surface area contributed by atoms with Gasteiger partial charge in [0, 0.05) is 25.3 Å². The van der Waals surface area contributed by atoms with Crippen molar-refractivity contribution in [3.8, 4) is 0 Å². The van der Waals surface area contributed by atoms with E-state index in [0.717, 1.165) is 18.5 Å². The van der Waals surface area contributed by atoms with Gasteiger partial charge in [-0.05, 0) is 12.0 Å². The summed E-state index contributed by atoms with van der Waals surface area (Å²) in [6.07, 6.45) is 1.02. The van der Waals surface area contributed by atoms with E-state index in [0.29, 0.717) is 18.2 Å². The van der Waals surface area contributed by atoms with Crippen molar-refractivity contribution >= 4 is 5.84 Å². The van der Waals surface area contributed by atoms with Crippen LogP contribution < -0.4 is 11.1 Å². The zero-order valence-corrected chi connectivity index (χ0v) is 10.9. The predicted octanol–water partition coefficient (Wildman–Crippen LogP) is 1.30. The van der Waals surface area contributed by atoms with Crippen molar-refractivity contribution in [1.82, 2.24) is 5.32 Å². The number of ether oxygens (including phenoxy) is 1. The maximum absolute atomic E-state index is 8.56. The van der Waals surface area contributed by atoms with Gasteiger partial charge in [-0.15, -0.1) is 0 Å². The summed E-state index contributed by atoms with van der Waals surface area (Å²) in [4.78, 5) is 0. The molecule has 4 N–H and O–H groups in total. The van der Waals surface area contributed by atoms with Gasteiger partial charge >= 0.3 is 0 Å². The molecular formula is C13H21N3O2. The Morgan fingerprint density at radius 3 is 2.61 bits per heavy atom. The number of amidine groups is 1. The Balaban J connectivity index is 2.53. The number of hydrogen-bond acceptors (Lipinski definition) is 4. The molecule has 18 heavy (non-hydrogen) atoms. The van der Waals surface area contributed by atoms with Crippen LogP contribution in [0.2, 0.25) is 0 Å². The fourth-order valence-electron chi connectivity index (χ4n) is 1.64. The molecular weight excluding hydrogens is 230 g/mol. The number of nitrogens with one attached hydrogen (secondary N) is 1. The van der Waals surface area contributed by atoms with Gasteiger partial charge in [-0.25, -0.2) is 0 Å². The Morgan fingerprint density at radius 1 is 1.44 bits per heavy atom. The molecule has 1 aromatic carbocycles. The first-order valence-corrected chi connectivity index (χ1v) is 6.00. The predicted molar refractivity (Wildman–Crippen MR) is 71.7 cm³/mol. The molecule has 5 heteroatoms. The fraction of sp³-hybridized carbons (Fsp3) is 0.462. The minimum Gasteiger partial charge on any atom is -0.409 e. The van der Waals surface area contributed by atoms with E-state index >= 15 is 0 Å². The first-order chi connectivity index (χ1) is 8.71. The maximum atomic E-state index is 8.56. The molecule has 0 saturated heterocycles. The molecule has 0 saturated carbocycles. The van der Waals surface area contributed by atoms with E-state index in [9.17, 15) is 0 Å². The van der Waals surface area contributed by atoms with Gasteiger partial charge < -0.3 is 21.0 Å². The van der Waals surface area contributed by atoms with Crippen LogP contribution in [-0.4, -0.2) is 30.8 Å². The fourth-order valence-corrected chi connectivity index (χ4v) is 1.64. The summed E-state index contributed by atoms with van der Waals surface area (Å²) < 4.78 is 5.13. The molecule has 0 heterocycles. The summed E-state index contributed by atoms with van der Waals surface area (Å²) in [7, 11) is 1.70. The van der Waals surface area contributed by atoms with E-state index < -0.39 is 0 Å². The normalized spacial score (nSPS) is 13.6. The van der Waals surface area contributed by atoms with Gasteiger partial charge in [0.2, 0.25) is 0 Å². The molecule has 0 aromatic heterocycles. The third-order valence-electron chi connectivity index (χ3n) is 2.81. The lowest BCUT2D eigenvalue weighted by Gasteiger charge is -2.15. The Morgan fingerprint density at radius 2 is 2.11 bits per heavy atom. The lowest BCUT2D eigenvalue weighted by Crippen LogP contribution is -2.32. The van der Waals surface area contributed by atoms with Crippen LogP contribution in [0.4, 0.5) is 0 Å². The molecule has 1 aromatic rings. The van der Waals surface area contributed by atoms with Gasteiger partial charge in [-0.2, -0.15) is 0 Å². The van der Waals surface area contributed by atoms with Crippen molar-refractivity contribution in [3.05, 3.63) is 35.4 Å². The smallest absolute Gasteiger partial charge is 0.170 e. The molecule has 0 amide bonds. The molecule has 100 valence electrons. The first kappa shape index (κ1) is 14.5. The number of methoxy groups -OCH3 is 1. The van der Waals surface area contributed by atoms with E-state index in [1.165, 1.54) is 0 Å². The van der Waals surface area contributed by atoms with E-state index in [1.54, 1.807) is 7.11 Å². The highest BCUT2D eigenvalue weighted by Gasteiger charge is 2.05. The Bertz CT molecular complexity index is 376. The van der Waals surface area contributed by atoms with Crippen LogP contribution in [0.1, 0.15) is 24.5 Å². The van der Waals surface area contributed by atoms with Gasteiger partial charge in [0.15, 0.2) is 5.84 Å². The number of rotatable bonds is 7. The molecule has 1 unspecified atom stereocenters. The average Bonchev–Trinajstić information content (AvgIpc) is 2.43. The molecule has 1 rings (SSSR count). The SMILES string of the molecule is CCC(COC)NCc1ccc(C(N)=NO)cc1. The minimum absolute atomic E-state index is 0.125. The number of nitrogens with two attached hydrogens (primary N) is 1. The molecule has 0 aliphatic heterocycles. The molecule has 0 aliphatic rings. The topological polar surface area (TPSA) is 79.9 Å². The van der Waals surface area contributed by atoms with E-state index in [4.69, 9.17) is 15.7 Å². The van der Waals surface area contributed by atoms with Crippen LogP contribution in [0.3, 0.4) is 0 Å². The summed E-state index contributed by atoms with van der Waals surface area (Å²) in [6, 6.07) is 7.95. The second kappa shape index (κ2) is 7.68. The number of benzene rings is 1. The summed E-state index contributed by atoms with van der Waals surface area (Å²) >= 11 is 0. The third kappa shape index (κ3) is 4.35. The number of oxime groups is 1. The lowest BCUT2D eigenvalue weighted by atomic mass is 10.1. The highest BCUT2D eigenvalue weighted by Crippen LogP contribution is 2.05. The number of nitrogens with zero attached hydrogens (tertiary/aromatic N) is 1. The van der Waals surface area contributed by atoms with Crippen molar-refractivity contribution in [2.24, 2.45) is 10.9 Å². The van der Waals surface area contributed by atoms with Crippen molar-refractivity contribution in [1.29, 1.82) is 0 Å². The Hall–Kier alpha value is -1.59. The Labute approximate surface area is 108 Å².